The second kappa shape index (κ2) is 5.16. The van der Waals surface area contributed by atoms with Gasteiger partial charge >= 0.3 is 0 Å². The van der Waals surface area contributed by atoms with Crippen molar-refractivity contribution in [3.63, 3.8) is 0 Å². The van der Waals surface area contributed by atoms with E-state index in [9.17, 15) is 4.79 Å². The molecule has 0 unspecified atom stereocenters. The van der Waals surface area contributed by atoms with Crippen LogP contribution >= 0.6 is 11.6 Å². The third-order valence-corrected chi connectivity index (χ3v) is 2.37. The first kappa shape index (κ1) is 12.0. The molecule has 4 nitrogen and oxygen atoms in total. The van der Waals surface area contributed by atoms with E-state index < -0.39 is 0 Å². The Morgan fingerprint density at radius 2 is 2.27 bits per heavy atom. The molecule has 1 aromatic rings. The molecule has 0 aromatic carbocycles. The maximum Gasteiger partial charge on any atom is 0.297 e. The Balaban J connectivity index is 2.95. The summed E-state index contributed by atoms with van der Waals surface area (Å²) < 4.78 is 6.41. The second-order valence-electron chi connectivity index (χ2n) is 3.75. The van der Waals surface area contributed by atoms with E-state index in [-0.39, 0.29) is 16.5 Å². The monoisotopic (exact) mass is 230 g/mol. The van der Waals surface area contributed by atoms with E-state index in [4.69, 9.17) is 16.3 Å². The number of hydrogen-bond donors (Lipinski definition) is 0. The predicted octanol–water partition coefficient (Wildman–Crippen LogP) is 1.95. The van der Waals surface area contributed by atoms with Crippen LogP contribution in [0.1, 0.15) is 20.3 Å². The minimum atomic E-state index is -0.224. The van der Waals surface area contributed by atoms with Crippen LogP contribution in [0.3, 0.4) is 0 Å². The van der Waals surface area contributed by atoms with E-state index in [2.05, 4.69) is 18.8 Å². The Morgan fingerprint density at radius 3 is 2.80 bits per heavy atom. The Morgan fingerprint density at radius 1 is 1.60 bits per heavy atom. The van der Waals surface area contributed by atoms with Gasteiger partial charge in [-0.15, -0.1) is 0 Å². The number of hydrogen-bond acceptors (Lipinski definition) is 3. The van der Waals surface area contributed by atoms with Gasteiger partial charge in [-0.1, -0.05) is 25.4 Å². The van der Waals surface area contributed by atoms with Crippen molar-refractivity contribution in [3.8, 4) is 5.75 Å². The molecule has 0 bridgehead atoms. The average Bonchev–Trinajstić information content (AvgIpc) is 2.17. The van der Waals surface area contributed by atoms with Crippen LogP contribution in [0.25, 0.3) is 0 Å². The molecule has 0 amide bonds. The molecule has 1 rings (SSSR count). The molecule has 0 N–H and O–H groups in total. The number of rotatable bonds is 4. The maximum atomic E-state index is 11.7. The van der Waals surface area contributed by atoms with E-state index in [0.717, 1.165) is 6.42 Å². The van der Waals surface area contributed by atoms with Crippen LogP contribution in [0.5, 0.6) is 5.75 Å². The van der Waals surface area contributed by atoms with Gasteiger partial charge in [-0.25, -0.2) is 4.98 Å². The fourth-order valence-corrected chi connectivity index (χ4v) is 1.38. The summed E-state index contributed by atoms with van der Waals surface area (Å²) in [5, 5.41) is 0.114. The van der Waals surface area contributed by atoms with Crippen molar-refractivity contribution in [2.75, 3.05) is 7.11 Å². The third kappa shape index (κ3) is 2.96. The minimum absolute atomic E-state index is 0.114. The molecule has 84 valence electrons. The van der Waals surface area contributed by atoms with Crippen LogP contribution in [0.2, 0.25) is 5.15 Å². The lowest BCUT2D eigenvalue weighted by Gasteiger charge is -2.09. The second-order valence-corrected chi connectivity index (χ2v) is 4.11. The molecule has 0 spiro atoms. The summed E-state index contributed by atoms with van der Waals surface area (Å²) in [6.45, 7) is 4.84. The van der Waals surface area contributed by atoms with E-state index in [1.807, 2.05) is 0 Å². The van der Waals surface area contributed by atoms with Crippen LogP contribution in [0.4, 0.5) is 0 Å². The molecule has 0 saturated carbocycles. The number of methoxy groups -OCH3 is 1. The van der Waals surface area contributed by atoms with Gasteiger partial charge in [0.25, 0.3) is 5.56 Å². The summed E-state index contributed by atoms with van der Waals surface area (Å²) in [4.78, 5) is 15.6. The summed E-state index contributed by atoms with van der Waals surface area (Å²) in [5.41, 5.74) is -0.224. The van der Waals surface area contributed by atoms with Gasteiger partial charge in [0, 0.05) is 6.54 Å². The van der Waals surface area contributed by atoms with E-state index in [0.29, 0.717) is 12.5 Å². The van der Waals surface area contributed by atoms with Crippen LogP contribution in [-0.4, -0.2) is 16.7 Å². The van der Waals surface area contributed by atoms with Crippen molar-refractivity contribution in [2.45, 2.75) is 26.8 Å². The summed E-state index contributed by atoms with van der Waals surface area (Å²) in [7, 11) is 1.41. The zero-order valence-corrected chi connectivity index (χ0v) is 9.91. The molecule has 1 heterocycles. The zero-order valence-electron chi connectivity index (χ0n) is 9.16. The fraction of sp³-hybridized carbons (Fsp3) is 0.600. The molecule has 0 saturated heterocycles. The van der Waals surface area contributed by atoms with Gasteiger partial charge in [-0.2, -0.15) is 0 Å². The third-order valence-electron chi connectivity index (χ3n) is 2.10. The molecular formula is C10H15ClN2O2. The maximum absolute atomic E-state index is 11.7. The number of aryl methyl sites for hydroxylation is 1. The standard InChI is InChI=1S/C10H15ClN2O2/c1-7(2)4-5-13-6-12-9(11)8(15-3)10(13)14/h6-7H,4-5H2,1-3H3. The summed E-state index contributed by atoms with van der Waals surface area (Å²) in [6.07, 6.45) is 2.38. The Kier molecular flexibility index (Phi) is 4.15. The molecule has 0 aliphatic rings. The lowest BCUT2D eigenvalue weighted by Crippen LogP contribution is -2.22. The Hall–Kier alpha value is -1.03. The lowest BCUT2D eigenvalue weighted by molar-refractivity contribution is 0.395. The van der Waals surface area contributed by atoms with Crippen molar-refractivity contribution in [1.82, 2.24) is 9.55 Å². The van der Waals surface area contributed by atoms with Crippen LogP contribution in [0, 0.1) is 5.92 Å². The Bertz CT molecular complexity index is 387. The summed E-state index contributed by atoms with van der Waals surface area (Å²) >= 11 is 5.71. The lowest BCUT2D eigenvalue weighted by atomic mass is 10.1. The van der Waals surface area contributed by atoms with Crippen molar-refractivity contribution >= 4 is 11.6 Å². The highest BCUT2D eigenvalue weighted by Gasteiger charge is 2.10. The van der Waals surface area contributed by atoms with E-state index >= 15 is 0 Å². The van der Waals surface area contributed by atoms with Crippen molar-refractivity contribution in [1.29, 1.82) is 0 Å². The normalized spacial score (nSPS) is 10.7. The highest BCUT2D eigenvalue weighted by atomic mass is 35.5. The number of ether oxygens (including phenoxy) is 1. The molecule has 0 atom stereocenters. The highest BCUT2D eigenvalue weighted by Crippen LogP contribution is 2.15. The molecular weight excluding hydrogens is 216 g/mol. The number of halogens is 1. The van der Waals surface area contributed by atoms with E-state index in [1.54, 1.807) is 0 Å². The smallest absolute Gasteiger partial charge is 0.297 e. The molecule has 1 aromatic heterocycles. The average molecular weight is 231 g/mol. The topological polar surface area (TPSA) is 44.1 Å². The SMILES string of the molecule is COc1c(Cl)ncn(CCC(C)C)c1=O. The van der Waals surface area contributed by atoms with Gasteiger partial charge in [0.2, 0.25) is 5.75 Å². The van der Waals surface area contributed by atoms with Crippen LogP contribution < -0.4 is 10.3 Å². The van der Waals surface area contributed by atoms with E-state index in [1.165, 1.54) is 18.0 Å². The molecule has 0 aliphatic heterocycles. The highest BCUT2D eigenvalue weighted by molar-refractivity contribution is 6.30. The quantitative estimate of drug-likeness (QED) is 0.743. The molecule has 15 heavy (non-hydrogen) atoms. The zero-order chi connectivity index (χ0) is 11.4. The van der Waals surface area contributed by atoms with Gasteiger partial charge in [0.05, 0.1) is 13.4 Å². The molecule has 0 fully saturated rings. The van der Waals surface area contributed by atoms with Gasteiger partial charge in [0.15, 0.2) is 5.15 Å². The van der Waals surface area contributed by atoms with Gasteiger partial charge in [-0.3, -0.25) is 9.36 Å². The van der Waals surface area contributed by atoms with Crippen molar-refractivity contribution in [3.05, 3.63) is 21.8 Å². The van der Waals surface area contributed by atoms with Crippen LogP contribution in [-0.2, 0) is 6.54 Å². The predicted molar refractivity (Wildman–Crippen MR) is 59.5 cm³/mol. The first-order valence-corrected chi connectivity index (χ1v) is 5.23. The first-order chi connectivity index (χ1) is 7.06. The van der Waals surface area contributed by atoms with Gasteiger partial charge in [0.1, 0.15) is 0 Å². The molecule has 5 heteroatoms. The van der Waals surface area contributed by atoms with Crippen molar-refractivity contribution in [2.24, 2.45) is 5.92 Å². The largest absolute Gasteiger partial charge is 0.489 e. The van der Waals surface area contributed by atoms with Gasteiger partial charge < -0.3 is 4.74 Å². The number of nitrogens with zero attached hydrogens (tertiary/aromatic N) is 2. The minimum Gasteiger partial charge on any atom is -0.489 e. The van der Waals surface area contributed by atoms with Crippen molar-refractivity contribution < 1.29 is 4.74 Å². The number of aromatic nitrogens is 2. The fourth-order valence-electron chi connectivity index (χ4n) is 1.18. The summed E-state index contributed by atoms with van der Waals surface area (Å²) in [5.74, 6) is 0.654. The Labute approximate surface area is 93.8 Å². The van der Waals surface area contributed by atoms with Crippen LogP contribution in [0.15, 0.2) is 11.1 Å². The van der Waals surface area contributed by atoms with Gasteiger partial charge in [-0.05, 0) is 12.3 Å². The summed E-state index contributed by atoms with van der Waals surface area (Å²) in [6, 6.07) is 0. The molecule has 0 aliphatic carbocycles. The first-order valence-electron chi connectivity index (χ1n) is 4.85. The molecule has 0 radical (unpaired) electrons.